The van der Waals surface area contributed by atoms with Crippen molar-refractivity contribution in [1.82, 2.24) is 0 Å². The second kappa shape index (κ2) is 5.00. The number of aliphatic carboxylic acids is 2. The van der Waals surface area contributed by atoms with Gasteiger partial charge in [0.1, 0.15) is 0 Å². The van der Waals surface area contributed by atoms with E-state index in [1.165, 1.54) is 0 Å². The molecule has 0 aliphatic heterocycles. The van der Waals surface area contributed by atoms with Gasteiger partial charge in [-0.05, 0) is 0 Å². The normalized spacial score (nSPS) is 10.9. The third-order valence-corrected chi connectivity index (χ3v) is 0.629. The van der Waals surface area contributed by atoms with Crippen LogP contribution in [0, 0.1) is 0 Å². The molecule has 1 radical (unpaired) electrons. The van der Waals surface area contributed by atoms with Crippen molar-refractivity contribution in [2.45, 2.75) is 0 Å². The number of carbonyl (C=O) groups is 2. The third kappa shape index (κ3) is 3.87. The van der Waals surface area contributed by atoms with Crippen LogP contribution < -0.4 is 0 Å². The van der Waals surface area contributed by atoms with Gasteiger partial charge in [0.2, 0.25) is 0 Å². The first-order chi connectivity index (χ1) is 4.46. The van der Waals surface area contributed by atoms with Crippen molar-refractivity contribution < 1.29 is 30.0 Å². The Morgan fingerprint density at radius 2 is 0.909 bits per heavy atom. The zero-order valence-electron chi connectivity index (χ0n) is 5.61. The summed E-state index contributed by atoms with van der Waals surface area (Å²) in [5.41, 5.74) is 0. The van der Waals surface area contributed by atoms with Crippen LogP contribution in [-0.4, -0.2) is 61.9 Å². The van der Waals surface area contributed by atoms with Crippen molar-refractivity contribution >= 4 is 41.5 Å². The van der Waals surface area contributed by atoms with E-state index in [0.717, 1.165) is 0 Å². The molecular formula is C4H4NaO6. The van der Waals surface area contributed by atoms with Gasteiger partial charge < -0.3 is 20.4 Å². The van der Waals surface area contributed by atoms with Crippen LogP contribution in [0.1, 0.15) is 0 Å². The van der Waals surface area contributed by atoms with Crippen LogP contribution in [-0.2, 0) is 9.59 Å². The fraction of sp³-hybridized carbons (Fsp3) is 0. The number of aliphatic hydroxyl groups excluding tert-OH is 2. The van der Waals surface area contributed by atoms with Gasteiger partial charge in [-0.3, -0.25) is 0 Å². The van der Waals surface area contributed by atoms with Crippen molar-refractivity contribution in [3.63, 3.8) is 0 Å². The Labute approximate surface area is 83.1 Å². The van der Waals surface area contributed by atoms with Gasteiger partial charge in [-0.2, -0.15) is 0 Å². The van der Waals surface area contributed by atoms with E-state index in [2.05, 4.69) is 0 Å². The largest absolute Gasteiger partial charge is 0.499 e. The maximum absolute atomic E-state index is 9.71. The molecule has 0 aromatic heterocycles. The molecule has 0 fully saturated rings. The average Bonchev–Trinajstić information content (AvgIpc) is 1.84. The van der Waals surface area contributed by atoms with Gasteiger partial charge >= 0.3 is 11.9 Å². The maximum Gasteiger partial charge on any atom is 0.375 e. The first-order valence-corrected chi connectivity index (χ1v) is 2.05. The summed E-state index contributed by atoms with van der Waals surface area (Å²) in [6.45, 7) is 0. The second-order valence-electron chi connectivity index (χ2n) is 1.31. The molecule has 0 aromatic rings. The van der Waals surface area contributed by atoms with Gasteiger partial charge in [-0.25, -0.2) is 9.59 Å². The van der Waals surface area contributed by atoms with Crippen LogP contribution in [0.3, 0.4) is 0 Å². The van der Waals surface area contributed by atoms with E-state index in [9.17, 15) is 9.59 Å². The standard InChI is InChI=1S/C4H4O6.Na/c5-1(3(7)8)2(6)4(9)10;/h5-6H,(H,7,8)(H,9,10);/b2-1-;. The molecule has 57 valence electrons. The van der Waals surface area contributed by atoms with Crippen molar-refractivity contribution in [1.29, 1.82) is 0 Å². The second-order valence-corrected chi connectivity index (χ2v) is 1.31. The van der Waals surface area contributed by atoms with E-state index in [0.29, 0.717) is 0 Å². The van der Waals surface area contributed by atoms with Crippen molar-refractivity contribution in [3.8, 4) is 0 Å². The Bertz CT molecular complexity index is 185. The molecule has 0 saturated heterocycles. The smallest absolute Gasteiger partial charge is 0.375 e. The molecule has 0 bridgehead atoms. The van der Waals surface area contributed by atoms with Crippen LogP contribution in [0.4, 0.5) is 0 Å². The minimum atomic E-state index is -1.89. The Kier molecular flexibility index (Phi) is 5.87. The Balaban J connectivity index is 0. The van der Waals surface area contributed by atoms with Gasteiger partial charge in [0, 0.05) is 29.6 Å². The average molecular weight is 171 g/mol. The molecule has 4 N–H and O–H groups in total. The molecule has 0 atom stereocenters. The molecule has 0 aliphatic rings. The van der Waals surface area contributed by atoms with Crippen LogP contribution >= 0.6 is 0 Å². The Morgan fingerprint density at radius 3 is 1.00 bits per heavy atom. The van der Waals surface area contributed by atoms with Gasteiger partial charge in [-0.15, -0.1) is 0 Å². The molecule has 0 rings (SSSR count). The van der Waals surface area contributed by atoms with Gasteiger partial charge in [0.15, 0.2) is 0 Å². The molecule has 0 saturated carbocycles. The topological polar surface area (TPSA) is 115 Å². The van der Waals surface area contributed by atoms with Crippen LogP contribution in [0.15, 0.2) is 11.5 Å². The predicted octanol–water partition coefficient (Wildman–Crippen LogP) is -0.898. The van der Waals surface area contributed by atoms with Gasteiger partial charge in [0.25, 0.3) is 11.5 Å². The summed E-state index contributed by atoms with van der Waals surface area (Å²) >= 11 is 0. The molecule has 0 aromatic carbocycles. The number of rotatable bonds is 2. The minimum Gasteiger partial charge on any atom is -0.499 e. The summed E-state index contributed by atoms with van der Waals surface area (Å²) in [6, 6.07) is 0. The Morgan fingerprint density at radius 1 is 0.727 bits per heavy atom. The number of carboxylic acids is 2. The number of hydrogen-bond acceptors (Lipinski definition) is 4. The van der Waals surface area contributed by atoms with Crippen LogP contribution in [0.25, 0.3) is 0 Å². The van der Waals surface area contributed by atoms with E-state index in [1.54, 1.807) is 0 Å². The Hall–Kier alpha value is -0.720. The third-order valence-electron chi connectivity index (χ3n) is 0.629. The minimum absolute atomic E-state index is 0. The maximum atomic E-state index is 9.71. The van der Waals surface area contributed by atoms with Crippen LogP contribution in [0.5, 0.6) is 0 Å². The van der Waals surface area contributed by atoms with E-state index in [1.807, 2.05) is 0 Å². The van der Waals surface area contributed by atoms with E-state index in [-0.39, 0.29) is 29.6 Å². The summed E-state index contributed by atoms with van der Waals surface area (Å²) in [4.78, 5) is 19.4. The molecular weight excluding hydrogens is 167 g/mol. The summed E-state index contributed by atoms with van der Waals surface area (Å²) in [5.74, 6) is -6.93. The molecule has 7 heteroatoms. The van der Waals surface area contributed by atoms with E-state index >= 15 is 0 Å². The molecule has 0 heterocycles. The van der Waals surface area contributed by atoms with Crippen molar-refractivity contribution in [3.05, 3.63) is 11.5 Å². The molecule has 0 unspecified atom stereocenters. The monoisotopic (exact) mass is 171 g/mol. The summed E-state index contributed by atoms with van der Waals surface area (Å²) in [6.07, 6.45) is 0. The molecule has 11 heavy (non-hydrogen) atoms. The summed E-state index contributed by atoms with van der Waals surface area (Å²) in [5, 5.41) is 32.2. The summed E-state index contributed by atoms with van der Waals surface area (Å²) in [7, 11) is 0. The van der Waals surface area contributed by atoms with Crippen molar-refractivity contribution in [2.75, 3.05) is 0 Å². The number of carboxylic acid groups (broad SMARTS) is 2. The molecule has 0 aliphatic carbocycles. The van der Waals surface area contributed by atoms with Gasteiger partial charge in [-0.1, -0.05) is 0 Å². The van der Waals surface area contributed by atoms with Crippen molar-refractivity contribution in [2.24, 2.45) is 0 Å². The first kappa shape index (κ1) is 12.9. The van der Waals surface area contributed by atoms with Crippen LogP contribution in [0.2, 0.25) is 0 Å². The molecule has 0 amide bonds. The quantitative estimate of drug-likeness (QED) is 0.243. The fourth-order valence-electron chi connectivity index (χ4n) is 0.203. The first-order valence-electron chi connectivity index (χ1n) is 2.05. The van der Waals surface area contributed by atoms with Gasteiger partial charge in [0.05, 0.1) is 0 Å². The fourth-order valence-corrected chi connectivity index (χ4v) is 0.203. The number of aliphatic hydroxyl groups is 2. The zero-order valence-corrected chi connectivity index (χ0v) is 7.61. The summed E-state index contributed by atoms with van der Waals surface area (Å²) < 4.78 is 0. The molecule has 6 nitrogen and oxygen atoms in total. The predicted molar refractivity (Wildman–Crippen MR) is 33.3 cm³/mol. The number of hydrogen-bond donors (Lipinski definition) is 4. The molecule has 0 spiro atoms. The zero-order chi connectivity index (χ0) is 8.31. The SMILES string of the molecule is O=C(O)/C(O)=C(/O)C(=O)O.[Na]. The van der Waals surface area contributed by atoms with E-state index in [4.69, 9.17) is 20.4 Å². The van der Waals surface area contributed by atoms with E-state index < -0.39 is 23.5 Å².